The van der Waals surface area contributed by atoms with Gasteiger partial charge in [0.2, 0.25) is 0 Å². The molecule has 0 heterocycles. The van der Waals surface area contributed by atoms with Gasteiger partial charge in [0.15, 0.2) is 0 Å². The van der Waals surface area contributed by atoms with Crippen molar-refractivity contribution in [3.63, 3.8) is 0 Å². The molecule has 0 aromatic heterocycles. The molecular formula is C33H40N2O2. The van der Waals surface area contributed by atoms with Crippen molar-refractivity contribution in [2.75, 3.05) is 38.8 Å². The molecule has 2 N–H and O–H groups in total. The molecule has 194 valence electrons. The van der Waals surface area contributed by atoms with E-state index in [-0.39, 0.29) is 12.6 Å². The van der Waals surface area contributed by atoms with E-state index in [2.05, 4.69) is 115 Å². The average Bonchev–Trinajstić information content (AvgIpc) is 2.93. The summed E-state index contributed by atoms with van der Waals surface area (Å²) in [5, 5.41) is 15.3. The highest BCUT2D eigenvalue weighted by atomic mass is 16.5. The zero-order valence-corrected chi connectivity index (χ0v) is 22.2. The van der Waals surface area contributed by atoms with Crippen LogP contribution in [-0.4, -0.2) is 39.0 Å². The first-order valence-electron chi connectivity index (χ1n) is 13.4. The molecule has 0 amide bonds. The van der Waals surface area contributed by atoms with Crippen LogP contribution >= 0.6 is 0 Å². The number of nitrogens with zero attached hydrogens (tertiary/aromatic N) is 1. The van der Waals surface area contributed by atoms with Crippen LogP contribution in [0.4, 0.5) is 5.69 Å². The third-order valence-electron chi connectivity index (χ3n) is 6.85. The van der Waals surface area contributed by atoms with E-state index in [1.165, 1.54) is 46.0 Å². The molecule has 0 saturated carbocycles. The van der Waals surface area contributed by atoms with Crippen LogP contribution in [0.1, 0.15) is 42.0 Å². The molecular weight excluding hydrogens is 456 g/mol. The van der Waals surface area contributed by atoms with Crippen molar-refractivity contribution in [2.24, 2.45) is 0 Å². The van der Waals surface area contributed by atoms with Crippen molar-refractivity contribution in [2.45, 2.75) is 38.1 Å². The maximum atomic E-state index is 9.42. The number of rotatable bonds is 14. The van der Waals surface area contributed by atoms with E-state index in [1.54, 1.807) is 0 Å². The molecule has 0 saturated heterocycles. The van der Waals surface area contributed by atoms with E-state index >= 15 is 0 Å². The summed E-state index contributed by atoms with van der Waals surface area (Å²) < 4.78 is 6.06. The van der Waals surface area contributed by atoms with Crippen LogP contribution in [0.15, 0.2) is 91.0 Å². The predicted octanol–water partition coefficient (Wildman–Crippen LogP) is 6.56. The number of hydrogen-bond donors (Lipinski definition) is 2. The van der Waals surface area contributed by atoms with Crippen LogP contribution in [0, 0.1) is 0 Å². The average molecular weight is 497 g/mol. The van der Waals surface area contributed by atoms with Crippen LogP contribution in [0.3, 0.4) is 0 Å². The molecule has 4 aromatic rings. The van der Waals surface area contributed by atoms with Crippen molar-refractivity contribution in [1.29, 1.82) is 0 Å². The minimum Gasteiger partial charge on any atom is -0.494 e. The van der Waals surface area contributed by atoms with Crippen molar-refractivity contribution in [1.82, 2.24) is 5.32 Å². The molecule has 37 heavy (non-hydrogen) atoms. The van der Waals surface area contributed by atoms with Gasteiger partial charge in [0.05, 0.1) is 13.2 Å². The molecule has 0 aliphatic heterocycles. The van der Waals surface area contributed by atoms with Crippen molar-refractivity contribution in [3.8, 4) is 5.75 Å². The van der Waals surface area contributed by atoms with E-state index < -0.39 is 0 Å². The van der Waals surface area contributed by atoms with Crippen LogP contribution < -0.4 is 15.0 Å². The zero-order chi connectivity index (χ0) is 25.9. The molecule has 1 atom stereocenters. The van der Waals surface area contributed by atoms with Gasteiger partial charge in [-0.25, -0.2) is 0 Å². The van der Waals surface area contributed by atoms with E-state index in [4.69, 9.17) is 4.74 Å². The Kier molecular flexibility index (Phi) is 9.98. The topological polar surface area (TPSA) is 44.7 Å². The summed E-state index contributed by atoms with van der Waals surface area (Å²) in [5.74, 6) is 0.930. The minimum atomic E-state index is 0.122. The molecule has 4 rings (SSSR count). The molecule has 0 spiro atoms. The van der Waals surface area contributed by atoms with Crippen LogP contribution in [0.5, 0.6) is 5.75 Å². The number of aryl methyl sites for hydroxylation is 1. The number of fused-ring (bicyclic) bond motifs is 1. The minimum absolute atomic E-state index is 0.122. The van der Waals surface area contributed by atoms with Crippen LogP contribution in [0.25, 0.3) is 10.8 Å². The normalized spacial score (nSPS) is 12.0. The molecule has 0 aliphatic rings. The summed E-state index contributed by atoms with van der Waals surface area (Å²) in [4.78, 5) is 2.11. The number of hydrogen-bond acceptors (Lipinski definition) is 4. The lowest BCUT2D eigenvalue weighted by molar-refractivity contribution is 0.284. The molecule has 0 fully saturated rings. The Morgan fingerprint density at radius 2 is 1.54 bits per heavy atom. The van der Waals surface area contributed by atoms with Gasteiger partial charge in [-0.2, -0.15) is 0 Å². The Morgan fingerprint density at radius 1 is 0.784 bits per heavy atom. The van der Waals surface area contributed by atoms with Crippen molar-refractivity contribution in [3.05, 3.63) is 108 Å². The summed E-state index contributed by atoms with van der Waals surface area (Å²) in [6, 6.07) is 32.5. The molecule has 0 aliphatic carbocycles. The van der Waals surface area contributed by atoms with Gasteiger partial charge in [0.25, 0.3) is 0 Å². The van der Waals surface area contributed by atoms with Gasteiger partial charge in [0, 0.05) is 32.4 Å². The van der Waals surface area contributed by atoms with E-state index in [9.17, 15) is 5.11 Å². The van der Waals surface area contributed by atoms with Gasteiger partial charge >= 0.3 is 0 Å². The lowest BCUT2D eigenvalue weighted by Crippen LogP contribution is -2.26. The number of nitrogens with one attached hydrogen (secondary N) is 1. The number of unbranched alkanes of at least 4 members (excludes halogenated alkanes) is 2. The fourth-order valence-corrected chi connectivity index (χ4v) is 4.70. The second-order valence-corrected chi connectivity index (χ2v) is 9.91. The number of aliphatic hydroxyl groups excluding tert-OH is 1. The Balaban J connectivity index is 1.33. The van der Waals surface area contributed by atoms with Crippen LogP contribution in [0.2, 0.25) is 0 Å². The van der Waals surface area contributed by atoms with Crippen LogP contribution in [-0.2, 0) is 12.8 Å². The monoisotopic (exact) mass is 496 g/mol. The summed E-state index contributed by atoms with van der Waals surface area (Å²) in [5.41, 5.74) is 5.10. The van der Waals surface area contributed by atoms with E-state index in [0.29, 0.717) is 6.54 Å². The second-order valence-electron chi connectivity index (χ2n) is 9.91. The quantitative estimate of drug-likeness (QED) is 0.194. The Bertz CT molecular complexity index is 1220. The first kappa shape index (κ1) is 26.7. The number of ether oxygens (including phenoxy) is 1. The molecule has 4 heteroatoms. The largest absolute Gasteiger partial charge is 0.494 e. The van der Waals surface area contributed by atoms with Gasteiger partial charge < -0.3 is 20.1 Å². The SMILES string of the molecule is CN(C)c1ccc(CC(NCCO)c2ccc3cc(OCCCCCc4ccccc4)ccc3c2)cc1. The second kappa shape index (κ2) is 13.8. The van der Waals surface area contributed by atoms with E-state index in [0.717, 1.165) is 31.6 Å². The number of anilines is 1. The smallest absolute Gasteiger partial charge is 0.119 e. The highest BCUT2D eigenvalue weighted by Gasteiger charge is 2.13. The maximum Gasteiger partial charge on any atom is 0.119 e. The van der Waals surface area contributed by atoms with Gasteiger partial charge in [0.1, 0.15) is 5.75 Å². The van der Waals surface area contributed by atoms with Gasteiger partial charge in [-0.3, -0.25) is 0 Å². The predicted molar refractivity (Wildman–Crippen MR) is 156 cm³/mol. The first-order valence-corrected chi connectivity index (χ1v) is 13.4. The van der Waals surface area contributed by atoms with Crippen molar-refractivity contribution >= 4 is 16.5 Å². The molecule has 1 unspecified atom stereocenters. The Labute approximate surface area is 221 Å². The lowest BCUT2D eigenvalue weighted by atomic mass is 9.96. The van der Waals surface area contributed by atoms with E-state index in [1.807, 2.05) is 0 Å². The third-order valence-corrected chi connectivity index (χ3v) is 6.85. The maximum absolute atomic E-state index is 9.42. The fourth-order valence-electron chi connectivity index (χ4n) is 4.70. The van der Waals surface area contributed by atoms with Gasteiger partial charge in [-0.1, -0.05) is 60.7 Å². The Hall–Kier alpha value is -3.34. The number of benzene rings is 4. The van der Waals surface area contributed by atoms with Gasteiger partial charge in [-0.15, -0.1) is 0 Å². The third kappa shape index (κ3) is 8.08. The summed E-state index contributed by atoms with van der Waals surface area (Å²) >= 11 is 0. The van der Waals surface area contributed by atoms with Gasteiger partial charge in [-0.05, 0) is 89.9 Å². The molecule has 4 aromatic carbocycles. The zero-order valence-electron chi connectivity index (χ0n) is 22.2. The number of aliphatic hydroxyl groups is 1. The lowest BCUT2D eigenvalue weighted by Gasteiger charge is -2.20. The molecule has 0 radical (unpaired) electrons. The summed E-state index contributed by atoms with van der Waals surface area (Å²) in [6.07, 6.45) is 5.43. The standard InChI is InChI=1S/C33H40N2O2/c1-35(2)31-17-12-27(13-18-31)23-33(34-20-21-36)30-15-14-29-25-32(19-16-28(29)24-30)37-22-8-4-7-11-26-9-5-3-6-10-26/h3,5-6,9-10,12-19,24-25,33-34,36H,4,7-8,11,20-23H2,1-2H3. The highest BCUT2D eigenvalue weighted by Crippen LogP contribution is 2.27. The highest BCUT2D eigenvalue weighted by molar-refractivity contribution is 5.84. The summed E-state index contributed by atoms with van der Waals surface area (Å²) in [6.45, 7) is 1.44. The summed E-state index contributed by atoms with van der Waals surface area (Å²) in [7, 11) is 4.11. The Morgan fingerprint density at radius 3 is 2.30 bits per heavy atom. The molecule has 4 nitrogen and oxygen atoms in total. The van der Waals surface area contributed by atoms with Crippen molar-refractivity contribution < 1.29 is 9.84 Å². The molecule has 0 bridgehead atoms. The first-order chi connectivity index (χ1) is 18.1. The fraction of sp³-hybridized carbons (Fsp3) is 0.333.